The number of nitrogens with two attached hydrogens (primary N) is 1. The number of aromatic nitrogens is 2. The maximum Gasteiger partial charge on any atom is 0.336 e. The van der Waals surface area contributed by atoms with Crippen LogP contribution in [0.15, 0.2) is 0 Å². The Kier molecular flexibility index (Phi) is 4.87. The van der Waals surface area contributed by atoms with Crippen LogP contribution in [0.4, 0.5) is 5.69 Å². The number of methoxy groups -OCH3 is 1. The number of anilines is 1. The number of aliphatic hydroxyl groups excluding tert-OH is 1. The molecule has 0 aromatic carbocycles. The zero-order valence-electron chi connectivity index (χ0n) is 11.1. The molecular formula is C11H18N4O4. The standard InChI is InChI=1S/C11H18N4O4/c1-4-6-8(12)9(15(2)14-6)10(17)13-5-7(16)11(18)19-3/h7,16H,4-5,12H2,1-3H3,(H,13,17). The number of aliphatic hydroxyl groups is 1. The summed E-state index contributed by atoms with van der Waals surface area (Å²) in [5, 5.41) is 15.9. The molecule has 0 saturated heterocycles. The molecule has 0 bridgehead atoms. The molecule has 1 heterocycles. The molecular weight excluding hydrogens is 252 g/mol. The minimum Gasteiger partial charge on any atom is -0.467 e. The number of ether oxygens (including phenoxy) is 1. The van der Waals surface area contributed by atoms with Gasteiger partial charge in [-0.15, -0.1) is 0 Å². The lowest BCUT2D eigenvalue weighted by atomic mass is 10.2. The molecule has 8 heteroatoms. The number of nitrogen functional groups attached to an aromatic ring is 1. The first-order valence-electron chi connectivity index (χ1n) is 5.77. The number of hydrogen-bond donors (Lipinski definition) is 3. The quantitative estimate of drug-likeness (QED) is 0.580. The first-order chi connectivity index (χ1) is 8.92. The SMILES string of the molecule is CCc1nn(C)c(C(=O)NCC(O)C(=O)OC)c1N. The Hall–Kier alpha value is -2.09. The minimum absolute atomic E-state index is 0.203. The Morgan fingerprint density at radius 2 is 2.21 bits per heavy atom. The van der Waals surface area contributed by atoms with Crippen molar-refractivity contribution in [1.82, 2.24) is 15.1 Å². The highest BCUT2D eigenvalue weighted by Gasteiger charge is 2.21. The van der Waals surface area contributed by atoms with Gasteiger partial charge in [0.05, 0.1) is 25.0 Å². The van der Waals surface area contributed by atoms with Gasteiger partial charge in [-0.1, -0.05) is 6.92 Å². The van der Waals surface area contributed by atoms with Crippen LogP contribution in [-0.4, -0.2) is 46.5 Å². The second-order valence-electron chi connectivity index (χ2n) is 3.94. The summed E-state index contributed by atoms with van der Waals surface area (Å²) in [6.07, 6.45) is -0.799. The second-order valence-corrected chi connectivity index (χ2v) is 3.94. The fraction of sp³-hybridized carbons (Fsp3) is 0.545. The van der Waals surface area contributed by atoms with Gasteiger partial charge in [-0.2, -0.15) is 5.10 Å². The molecule has 1 rings (SSSR count). The molecule has 1 aromatic heterocycles. The molecule has 1 unspecified atom stereocenters. The lowest BCUT2D eigenvalue weighted by Gasteiger charge is -2.10. The maximum absolute atomic E-state index is 11.9. The summed E-state index contributed by atoms with van der Waals surface area (Å²) in [5.74, 6) is -1.32. The number of hydrogen-bond acceptors (Lipinski definition) is 6. The zero-order valence-corrected chi connectivity index (χ0v) is 11.1. The molecule has 1 amide bonds. The van der Waals surface area contributed by atoms with E-state index in [9.17, 15) is 14.7 Å². The maximum atomic E-state index is 11.9. The van der Waals surface area contributed by atoms with Gasteiger partial charge in [0.25, 0.3) is 5.91 Å². The molecule has 4 N–H and O–H groups in total. The summed E-state index contributed by atoms with van der Waals surface area (Å²) in [4.78, 5) is 22.9. The zero-order chi connectivity index (χ0) is 14.6. The molecule has 8 nitrogen and oxygen atoms in total. The van der Waals surface area contributed by atoms with E-state index < -0.39 is 18.0 Å². The van der Waals surface area contributed by atoms with Gasteiger partial charge in [0.1, 0.15) is 5.69 Å². The van der Waals surface area contributed by atoms with Gasteiger partial charge in [-0.05, 0) is 6.42 Å². The first-order valence-corrected chi connectivity index (χ1v) is 5.77. The highest BCUT2D eigenvalue weighted by molar-refractivity contribution is 5.98. The average Bonchev–Trinajstić information content (AvgIpc) is 2.69. The Morgan fingerprint density at radius 1 is 1.58 bits per heavy atom. The highest BCUT2D eigenvalue weighted by atomic mass is 16.5. The van der Waals surface area contributed by atoms with Crippen LogP contribution in [0.5, 0.6) is 0 Å². The van der Waals surface area contributed by atoms with Gasteiger partial charge < -0.3 is 20.9 Å². The van der Waals surface area contributed by atoms with Crippen LogP contribution in [0.1, 0.15) is 23.1 Å². The number of amides is 1. The third-order valence-corrected chi connectivity index (χ3v) is 2.64. The fourth-order valence-electron chi connectivity index (χ4n) is 1.62. The third-order valence-electron chi connectivity index (χ3n) is 2.64. The number of nitrogens with one attached hydrogen (secondary N) is 1. The molecule has 0 spiro atoms. The molecule has 106 valence electrons. The second kappa shape index (κ2) is 6.19. The van der Waals surface area contributed by atoms with Crippen molar-refractivity contribution in [3.05, 3.63) is 11.4 Å². The monoisotopic (exact) mass is 270 g/mol. The summed E-state index contributed by atoms with van der Waals surface area (Å²) in [6.45, 7) is 1.62. The lowest BCUT2D eigenvalue weighted by Crippen LogP contribution is -2.38. The topological polar surface area (TPSA) is 119 Å². The van der Waals surface area contributed by atoms with Gasteiger partial charge in [-0.25, -0.2) is 4.79 Å². The van der Waals surface area contributed by atoms with Gasteiger partial charge >= 0.3 is 5.97 Å². The van der Waals surface area contributed by atoms with Crippen molar-refractivity contribution in [2.45, 2.75) is 19.4 Å². The molecule has 19 heavy (non-hydrogen) atoms. The van der Waals surface area contributed by atoms with E-state index >= 15 is 0 Å². The van der Waals surface area contributed by atoms with Crippen molar-refractivity contribution in [3.8, 4) is 0 Å². The van der Waals surface area contributed by atoms with E-state index in [4.69, 9.17) is 5.73 Å². The van der Waals surface area contributed by atoms with Gasteiger partial charge in [0.15, 0.2) is 6.10 Å². The Balaban J connectivity index is 2.74. The summed E-state index contributed by atoms with van der Waals surface area (Å²) >= 11 is 0. The van der Waals surface area contributed by atoms with Gasteiger partial charge in [0.2, 0.25) is 0 Å². The Labute approximate surface area is 110 Å². The van der Waals surface area contributed by atoms with Crippen LogP contribution in [0.3, 0.4) is 0 Å². The van der Waals surface area contributed by atoms with Crippen molar-refractivity contribution in [1.29, 1.82) is 0 Å². The molecule has 1 aromatic rings. The lowest BCUT2D eigenvalue weighted by molar-refractivity contribution is -0.149. The van der Waals surface area contributed by atoms with Crippen molar-refractivity contribution in [2.24, 2.45) is 7.05 Å². The van der Waals surface area contributed by atoms with Crippen LogP contribution in [-0.2, 0) is 23.0 Å². The van der Waals surface area contributed by atoms with Crippen molar-refractivity contribution < 1.29 is 19.4 Å². The molecule has 1 atom stereocenters. The number of rotatable bonds is 5. The molecule has 0 aliphatic carbocycles. The van der Waals surface area contributed by atoms with Crippen LogP contribution in [0, 0.1) is 0 Å². The van der Waals surface area contributed by atoms with E-state index in [1.807, 2.05) is 6.92 Å². The number of carbonyl (C=O) groups is 2. The largest absolute Gasteiger partial charge is 0.467 e. The predicted molar refractivity (Wildman–Crippen MR) is 67.4 cm³/mol. The van der Waals surface area contributed by atoms with E-state index in [0.29, 0.717) is 17.8 Å². The molecule has 0 fully saturated rings. The summed E-state index contributed by atoms with van der Waals surface area (Å²) in [6, 6.07) is 0. The van der Waals surface area contributed by atoms with E-state index in [-0.39, 0.29) is 12.2 Å². The van der Waals surface area contributed by atoms with Crippen molar-refractivity contribution in [3.63, 3.8) is 0 Å². The van der Waals surface area contributed by atoms with Crippen LogP contribution < -0.4 is 11.1 Å². The Morgan fingerprint density at radius 3 is 2.68 bits per heavy atom. The molecule has 0 aliphatic heterocycles. The average molecular weight is 270 g/mol. The molecule has 0 saturated carbocycles. The van der Waals surface area contributed by atoms with E-state index in [1.54, 1.807) is 7.05 Å². The number of nitrogens with zero attached hydrogens (tertiary/aromatic N) is 2. The first kappa shape index (κ1) is 15.0. The minimum atomic E-state index is -1.41. The number of carbonyl (C=O) groups excluding carboxylic acids is 2. The smallest absolute Gasteiger partial charge is 0.336 e. The Bertz CT molecular complexity index is 483. The van der Waals surface area contributed by atoms with Crippen LogP contribution in [0.2, 0.25) is 0 Å². The van der Waals surface area contributed by atoms with Crippen LogP contribution in [0.25, 0.3) is 0 Å². The highest BCUT2D eigenvalue weighted by Crippen LogP contribution is 2.16. The summed E-state index contributed by atoms with van der Waals surface area (Å²) < 4.78 is 5.71. The fourth-order valence-corrected chi connectivity index (χ4v) is 1.62. The molecule has 0 aliphatic rings. The van der Waals surface area contributed by atoms with Gasteiger partial charge in [-0.3, -0.25) is 9.48 Å². The molecule has 0 radical (unpaired) electrons. The van der Waals surface area contributed by atoms with Gasteiger partial charge in [0, 0.05) is 7.05 Å². The summed E-state index contributed by atoms with van der Waals surface area (Å²) in [5.41, 5.74) is 6.94. The third kappa shape index (κ3) is 3.22. The predicted octanol–water partition coefficient (Wildman–Crippen LogP) is -1.17. The van der Waals surface area contributed by atoms with E-state index in [0.717, 1.165) is 7.11 Å². The van der Waals surface area contributed by atoms with E-state index in [1.165, 1.54) is 4.68 Å². The van der Waals surface area contributed by atoms with E-state index in [2.05, 4.69) is 15.2 Å². The number of esters is 1. The summed E-state index contributed by atoms with van der Waals surface area (Å²) in [7, 11) is 2.75. The number of aryl methyl sites for hydroxylation is 2. The van der Waals surface area contributed by atoms with Crippen molar-refractivity contribution in [2.75, 3.05) is 19.4 Å². The normalized spacial score (nSPS) is 12.0. The van der Waals surface area contributed by atoms with Crippen molar-refractivity contribution >= 4 is 17.6 Å². The van der Waals surface area contributed by atoms with Crippen LogP contribution >= 0.6 is 0 Å².